The fourth-order valence-electron chi connectivity index (χ4n) is 1.40. The third-order valence-corrected chi connectivity index (χ3v) is 4.26. The molecule has 1 heterocycles. The Morgan fingerprint density at radius 3 is 2.93 bits per heavy atom. The van der Waals surface area contributed by atoms with E-state index in [1.54, 1.807) is 18.4 Å². The first-order valence-corrected chi connectivity index (χ1v) is 6.06. The van der Waals surface area contributed by atoms with Crippen LogP contribution in [-0.4, -0.2) is 12.2 Å². The molecular formula is C10H9IO2S. The SMILES string of the molecule is COc1cc(CO)cc2scc(I)c12. The summed E-state index contributed by atoms with van der Waals surface area (Å²) in [6.07, 6.45) is 0. The fourth-order valence-corrected chi connectivity index (χ4v) is 3.42. The lowest BCUT2D eigenvalue weighted by Crippen LogP contribution is -1.88. The Kier molecular flexibility index (Phi) is 2.94. The number of benzene rings is 1. The van der Waals surface area contributed by atoms with Gasteiger partial charge in [0.05, 0.1) is 13.7 Å². The zero-order valence-corrected chi connectivity index (χ0v) is 10.6. The van der Waals surface area contributed by atoms with Gasteiger partial charge < -0.3 is 9.84 Å². The van der Waals surface area contributed by atoms with E-state index in [9.17, 15) is 0 Å². The van der Waals surface area contributed by atoms with Gasteiger partial charge in [-0.3, -0.25) is 0 Å². The van der Waals surface area contributed by atoms with Crippen LogP contribution in [0.1, 0.15) is 5.56 Å². The molecule has 2 aromatic rings. The zero-order chi connectivity index (χ0) is 10.1. The lowest BCUT2D eigenvalue weighted by atomic mass is 10.1. The number of thiophene rings is 1. The third kappa shape index (κ3) is 1.62. The minimum absolute atomic E-state index is 0.0563. The quantitative estimate of drug-likeness (QED) is 0.862. The second-order valence-corrected chi connectivity index (χ2v) is 4.99. The van der Waals surface area contributed by atoms with Crippen LogP contribution in [0.3, 0.4) is 0 Å². The molecule has 0 atom stereocenters. The van der Waals surface area contributed by atoms with Crippen molar-refractivity contribution in [1.82, 2.24) is 0 Å². The van der Waals surface area contributed by atoms with Gasteiger partial charge in [-0.1, -0.05) is 0 Å². The molecule has 0 radical (unpaired) electrons. The maximum Gasteiger partial charge on any atom is 0.128 e. The van der Waals surface area contributed by atoms with E-state index in [4.69, 9.17) is 9.84 Å². The summed E-state index contributed by atoms with van der Waals surface area (Å²) >= 11 is 3.97. The van der Waals surface area contributed by atoms with Gasteiger partial charge in [-0.15, -0.1) is 11.3 Å². The molecule has 0 amide bonds. The van der Waals surface area contributed by atoms with Crippen LogP contribution in [0.5, 0.6) is 5.75 Å². The lowest BCUT2D eigenvalue weighted by Gasteiger charge is -2.05. The highest BCUT2D eigenvalue weighted by Gasteiger charge is 2.09. The van der Waals surface area contributed by atoms with Crippen LogP contribution in [-0.2, 0) is 6.61 Å². The molecule has 1 N–H and O–H groups in total. The first-order valence-electron chi connectivity index (χ1n) is 4.10. The van der Waals surface area contributed by atoms with Gasteiger partial charge in [0.2, 0.25) is 0 Å². The fraction of sp³-hybridized carbons (Fsp3) is 0.200. The molecule has 0 aliphatic carbocycles. The van der Waals surface area contributed by atoms with Crippen molar-refractivity contribution >= 4 is 44.0 Å². The summed E-state index contributed by atoms with van der Waals surface area (Å²) in [4.78, 5) is 0. The highest BCUT2D eigenvalue weighted by molar-refractivity contribution is 14.1. The summed E-state index contributed by atoms with van der Waals surface area (Å²) in [6.45, 7) is 0.0563. The number of aliphatic hydroxyl groups is 1. The van der Waals surface area contributed by atoms with E-state index in [2.05, 4.69) is 28.0 Å². The van der Waals surface area contributed by atoms with Crippen molar-refractivity contribution in [2.24, 2.45) is 0 Å². The van der Waals surface area contributed by atoms with Gasteiger partial charge in [0.15, 0.2) is 0 Å². The minimum atomic E-state index is 0.0563. The summed E-state index contributed by atoms with van der Waals surface area (Å²) in [6, 6.07) is 3.89. The van der Waals surface area contributed by atoms with E-state index in [-0.39, 0.29) is 6.61 Å². The molecule has 0 spiro atoms. The van der Waals surface area contributed by atoms with E-state index in [0.717, 1.165) is 21.4 Å². The average Bonchev–Trinajstić information content (AvgIpc) is 2.59. The summed E-state index contributed by atoms with van der Waals surface area (Å²) in [5, 5.41) is 12.3. The van der Waals surface area contributed by atoms with Crippen molar-refractivity contribution in [2.75, 3.05) is 7.11 Å². The van der Waals surface area contributed by atoms with Crippen LogP contribution in [0.4, 0.5) is 0 Å². The van der Waals surface area contributed by atoms with E-state index in [1.165, 1.54) is 3.57 Å². The van der Waals surface area contributed by atoms with Crippen molar-refractivity contribution in [3.63, 3.8) is 0 Å². The third-order valence-electron chi connectivity index (χ3n) is 2.06. The molecule has 0 aliphatic heterocycles. The number of halogens is 1. The van der Waals surface area contributed by atoms with Crippen molar-refractivity contribution in [3.8, 4) is 5.75 Å². The first-order chi connectivity index (χ1) is 6.76. The molecule has 2 rings (SSSR count). The van der Waals surface area contributed by atoms with E-state index in [1.807, 2.05) is 12.1 Å². The number of aliphatic hydroxyl groups excluding tert-OH is 1. The van der Waals surface area contributed by atoms with Gasteiger partial charge in [-0.25, -0.2) is 0 Å². The Hall–Kier alpha value is -0.330. The standard InChI is InChI=1S/C10H9IO2S/c1-13-8-2-6(4-12)3-9-10(8)7(11)5-14-9/h2-3,5,12H,4H2,1H3. The van der Waals surface area contributed by atoms with Crippen LogP contribution < -0.4 is 4.74 Å². The Bertz CT molecular complexity index is 464. The molecule has 0 unspecified atom stereocenters. The molecule has 74 valence electrons. The highest BCUT2D eigenvalue weighted by atomic mass is 127. The summed E-state index contributed by atoms with van der Waals surface area (Å²) in [7, 11) is 1.66. The van der Waals surface area contributed by atoms with Gasteiger partial charge >= 0.3 is 0 Å². The average molecular weight is 320 g/mol. The van der Waals surface area contributed by atoms with Crippen LogP contribution >= 0.6 is 33.9 Å². The maximum absolute atomic E-state index is 9.07. The number of methoxy groups -OCH3 is 1. The summed E-state index contributed by atoms with van der Waals surface area (Å²) < 4.78 is 7.66. The molecule has 0 bridgehead atoms. The number of ether oxygens (including phenoxy) is 1. The van der Waals surface area contributed by atoms with E-state index < -0.39 is 0 Å². The van der Waals surface area contributed by atoms with Gasteiger partial charge in [0.1, 0.15) is 5.75 Å². The Morgan fingerprint density at radius 2 is 2.29 bits per heavy atom. The van der Waals surface area contributed by atoms with Crippen LogP contribution in [0, 0.1) is 3.57 Å². The number of hydrogen-bond donors (Lipinski definition) is 1. The number of hydrogen-bond acceptors (Lipinski definition) is 3. The zero-order valence-electron chi connectivity index (χ0n) is 7.58. The van der Waals surface area contributed by atoms with E-state index in [0.29, 0.717) is 0 Å². The Morgan fingerprint density at radius 1 is 1.50 bits per heavy atom. The van der Waals surface area contributed by atoms with Crippen molar-refractivity contribution in [3.05, 3.63) is 26.6 Å². The van der Waals surface area contributed by atoms with Crippen molar-refractivity contribution in [2.45, 2.75) is 6.61 Å². The van der Waals surface area contributed by atoms with Crippen LogP contribution in [0.15, 0.2) is 17.5 Å². The first kappa shape index (κ1) is 10.2. The monoisotopic (exact) mass is 320 g/mol. The molecule has 14 heavy (non-hydrogen) atoms. The molecule has 0 saturated carbocycles. The lowest BCUT2D eigenvalue weighted by molar-refractivity contribution is 0.281. The van der Waals surface area contributed by atoms with Crippen LogP contribution in [0.25, 0.3) is 10.1 Å². The molecular weight excluding hydrogens is 311 g/mol. The molecule has 0 fully saturated rings. The predicted molar refractivity (Wildman–Crippen MR) is 67.0 cm³/mol. The Labute approximate surface area is 99.7 Å². The van der Waals surface area contributed by atoms with Gasteiger partial charge in [-0.2, -0.15) is 0 Å². The predicted octanol–water partition coefficient (Wildman–Crippen LogP) is 3.01. The normalized spacial score (nSPS) is 10.8. The van der Waals surface area contributed by atoms with Crippen LogP contribution in [0.2, 0.25) is 0 Å². The van der Waals surface area contributed by atoms with Gasteiger partial charge in [0, 0.05) is 19.0 Å². The largest absolute Gasteiger partial charge is 0.496 e. The molecule has 0 aliphatic rings. The van der Waals surface area contributed by atoms with Crippen molar-refractivity contribution in [1.29, 1.82) is 0 Å². The van der Waals surface area contributed by atoms with Crippen molar-refractivity contribution < 1.29 is 9.84 Å². The molecule has 0 saturated heterocycles. The number of rotatable bonds is 2. The number of fused-ring (bicyclic) bond motifs is 1. The Balaban J connectivity index is 2.76. The molecule has 1 aromatic heterocycles. The summed E-state index contributed by atoms with van der Waals surface area (Å²) in [5.41, 5.74) is 0.896. The van der Waals surface area contributed by atoms with E-state index >= 15 is 0 Å². The molecule has 1 aromatic carbocycles. The molecule has 4 heteroatoms. The minimum Gasteiger partial charge on any atom is -0.496 e. The second kappa shape index (κ2) is 4.04. The topological polar surface area (TPSA) is 29.5 Å². The van der Waals surface area contributed by atoms with Gasteiger partial charge in [-0.05, 0) is 40.3 Å². The maximum atomic E-state index is 9.07. The highest BCUT2D eigenvalue weighted by Crippen LogP contribution is 2.35. The molecule has 2 nitrogen and oxygen atoms in total. The second-order valence-electron chi connectivity index (χ2n) is 2.91. The summed E-state index contributed by atoms with van der Waals surface area (Å²) in [5.74, 6) is 0.845. The smallest absolute Gasteiger partial charge is 0.128 e. The van der Waals surface area contributed by atoms with Gasteiger partial charge in [0.25, 0.3) is 0 Å².